The molecule has 0 fully saturated rings. The molecule has 0 amide bonds. The average molecular weight is 412 g/mol. The molecule has 5 nitrogen and oxygen atoms in total. The Labute approximate surface area is 169 Å². The van der Waals surface area contributed by atoms with Crippen LogP contribution < -0.4 is 5.73 Å². The van der Waals surface area contributed by atoms with Crippen molar-refractivity contribution in [3.05, 3.63) is 81.5 Å². The summed E-state index contributed by atoms with van der Waals surface area (Å²) >= 11 is 2.73. The van der Waals surface area contributed by atoms with Gasteiger partial charge in [0.25, 0.3) is 0 Å². The molecule has 142 valence electrons. The monoisotopic (exact) mass is 411 g/mol. The Bertz CT molecular complexity index is 1030. The fourth-order valence-electron chi connectivity index (χ4n) is 3.53. The molecule has 28 heavy (non-hydrogen) atoms. The van der Waals surface area contributed by atoms with Gasteiger partial charge in [0.05, 0.1) is 5.56 Å². The van der Waals surface area contributed by atoms with E-state index >= 15 is 0 Å². The molecule has 0 bridgehead atoms. The summed E-state index contributed by atoms with van der Waals surface area (Å²) in [7, 11) is 0. The molecule has 1 aliphatic rings. The van der Waals surface area contributed by atoms with Crippen LogP contribution in [0, 0.1) is 0 Å². The fourth-order valence-corrected chi connectivity index (χ4v) is 5.71. The molecule has 7 heteroatoms. The summed E-state index contributed by atoms with van der Waals surface area (Å²) in [5.74, 6) is -2.47. The molecular formula is C21H17NO4S2. The summed E-state index contributed by atoms with van der Waals surface area (Å²) < 4.78 is 0. The second-order valence-corrected chi connectivity index (χ2v) is 8.71. The lowest BCUT2D eigenvalue weighted by Gasteiger charge is -2.33. The lowest BCUT2D eigenvalue weighted by molar-refractivity contribution is -0.144. The molecule has 1 unspecified atom stereocenters. The van der Waals surface area contributed by atoms with Crippen molar-refractivity contribution in [1.29, 1.82) is 0 Å². The topological polar surface area (TPSA) is 101 Å². The molecule has 4 rings (SSSR count). The smallest absolute Gasteiger partial charge is 0.336 e. The minimum Gasteiger partial charge on any atom is -0.480 e. The van der Waals surface area contributed by atoms with Gasteiger partial charge in [0.15, 0.2) is 0 Å². The lowest BCUT2D eigenvalue weighted by Crippen LogP contribution is -2.45. The van der Waals surface area contributed by atoms with Crippen LogP contribution in [-0.4, -0.2) is 22.2 Å². The molecule has 0 radical (unpaired) electrons. The number of hydrogen-bond donors (Lipinski definition) is 3. The van der Waals surface area contributed by atoms with Gasteiger partial charge in [-0.1, -0.05) is 48.2 Å². The molecule has 0 saturated carbocycles. The third kappa shape index (κ3) is 3.11. The highest BCUT2D eigenvalue weighted by atomic mass is 32.2. The first-order chi connectivity index (χ1) is 13.4. The first kappa shape index (κ1) is 18.7. The molecule has 1 aliphatic heterocycles. The summed E-state index contributed by atoms with van der Waals surface area (Å²) in [5, 5.41) is 20.6. The zero-order valence-corrected chi connectivity index (χ0v) is 16.3. The number of carboxylic acid groups (broad SMARTS) is 2. The Balaban J connectivity index is 1.81. The summed E-state index contributed by atoms with van der Waals surface area (Å²) in [6.45, 7) is 0. The summed E-state index contributed by atoms with van der Waals surface area (Å²) in [6.07, 6.45) is 0.135. The maximum Gasteiger partial charge on any atom is 0.336 e. The number of carboxylic acids is 2. The molecule has 4 N–H and O–H groups in total. The van der Waals surface area contributed by atoms with Gasteiger partial charge >= 0.3 is 11.9 Å². The highest BCUT2D eigenvalue weighted by molar-refractivity contribution is 7.99. The van der Waals surface area contributed by atoms with Gasteiger partial charge in [-0.2, -0.15) is 0 Å². The molecule has 0 spiro atoms. The quantitative estimate of drug-likeness (QED) is 0.576. The second kappa shape index (κ2) is 7.09. The van der Waals surface area contributed by atoms with Crippen molar-refractivity contribution in [2.24, 2.45) is 5.73 Å². The molecule has 2 aromatic carbocycles. The first-order valence-corrected chi connectivity index (χ1v) is 10.3. The van der Waals surface area contributed by atoms with Crippen molar-refractivity contribution in [2.75, 3.05) is 0 Å². The second-order valence-electron chi connectivity index (χ2n) is 6.72. The van der Waals surface area contributed by atoms with E-state index in [1.165, 1.54) is 11.4 Å². The number of rotatable bonds is 5. The maximum absolute atomic E-state index is 12.2. The zero-order chi connectivity index (χ0) is 19.9. The lowest BCUT2D eigenvalue weighted by atomic mass is 9.79. The van der Waals surface area contributed by atoms with Crippen LogP contribution in [0.15, 0.2) is 69.8 Å². The normalized spacial score (nSPS) is 15.3. The van der Waals surface area contributed by atoms with E-state index in [0.29, 0.717) is 4.88 Å². The van der Waals surface area contributed by atoms with E-state index < -0.39 is 17.5 Å². The van der Waals surface area contributed by atoms with E-state index in [4.69, 9.17) is 5.73 Å². The van der Waals surface area contributed by atoms with Gasteiger partial charge < -0.3 is 15.9 Å². The number of aliphatic carboxylic acids is 1. The van der Waals surface area contributed by atoms with Crippen molar-refractivity contribution in [1.82, 2.24) is 0 Å². The van der Waals surface area contributed by atoms with Gasteiger partial charge in [-0.15, -0.1) is 11.3 Å². The van der Waals surface area contributed by atoms with Crippen molar-refractivity contribution < 1.29 is 19.8 Å². The number of aromatic carboxylic acids is 1. The van der Waals surface area contributed by atoms with Gasteiger partial charge in [0, 0.05) is 26.0 Å². The van der Waals surface area contributed by atoms with Crippen LogP contribution in [0.3, 0.4) is 0 Å². The van der Waals surface area contributed by atoms with Crippen LogP contribution >= 0.6 is 23.1 Å². The van der Waals surface area contributed by atoms with Crippen LogP contribution in [0.1, 0.15) is 38.7 Å². The van der Waals surface area contributed by atoms with Gasteiger partial charge in [-0.3, -0.25) is 0 Å². The number of carbonyl (C=O) groups is 2. The Morgan fingerprint density at radius 1 is 1.00 bits per heavy atom. The molecule has 1 aromatic heterocycles. The van der Waals surface area contributed by atoms with Crippen LogP contribution in [0.25, 0.3) is 0 Å². The Morgan fingerprint density at radius 3 is 2.07 bits per heavy atom. The van der Waals surface area contributed by atoms with Crippen LogP contribution in [0.5, 0.6) is 0 Å². The highest BCUT2D eigenvalue weighted by Gasteiger charge is 2.42. The van der Waals surface area contributed by atoms with Crippen LogP contribution in [-0.2, 0) is 10.3 Å². The van der Waals surface area contributed by atoms with E-state index in [2.05, 4.69) is 0 Å². The van der Waals surface area contributed by atoms with Crippen LogP contribution in [0.2, 0.25) is 0 Å². The van der Waals surface area contributed by atoms with Crippen molar-refractivity contribution in [3.63, 3.8) is 0 Å². The standard InChI is InChI=1S/C21H17NO4S2/c22-21(20(25)26,18-9-12(11-27-18)19(23)24)10-15-13-5-1-3-7-16(13)28-17-8-4-2-6-14(15)17/h1-9,11,15H,10,22H2,(H,23,24)(H,25,26). The molecule has 0 aliphatic carbocycles. The van der Waals surface area contributed by atoms with Gasteiger partial charge in [0.2, 0.25) is 0 Å². The number of benzene rings is 2. The summed E-state index contributed by atoms with van der Waals surface area (Å²) in [5.41, 5.74) is 6.87. The van der Waals surface area contributed by atoms with Gasteiger partial charge in [-0.25, -0.2) is 9.59 Å². The summed E-state index contributed by atoms with van der Waals surface area (Å²) in [4.78, 5) is 26.0. The number of fused-ring (bicyclic) bond motifs is 2. The minimum atomic E-state index is -1.69. The average Bonchev–Trinajstić information content (AvgIpc) is 3.19. The SMILES string of the molecule is NC(CC1c2ccccc2Sc2ccccc21)(C(=O)O)c1cc(C(=O)O)cs1. The predicted molar refractivity (Wildman–Crippen MR) is 108 cm³/mol. The number of hydrogen-bond acceptors (Lipinski definition) is 5. The zero-order valence-electron chi connectivity index (χ0n) is 14.7. The Kier molecular flexibility index (Phi) is 4.74. The van der Waals surface area contributed by atoms with Crippen molar-refractivity contribution in [2.45, 2.75) is 27.7 Å². The number of thiophene rings is 1. The van der Waals surface area contributed by atoms with Crippen molar-refractivity contribution >= 4 is 35.0 Å². The van der Waals surface area contributed by atoms with E-state index in [1.54, 1.807) is 11.8 Å². The van der Waals surface area contributed by atoms with E-state index in [9.17, 15) is 19.8 Å². The molecule has 0 saturated heterocycles. The van der Waals surface area contributed by atoms with E-state index in [0.717, 1.165) is 32.3 Å². The van der Waals surface area contributed by atoms with Crippen LogP contribution in [0.4, 0.5) is 0 Å². The number of nitrogens with two attached hydrogens (primary N) is 1. The van der Waals surface area contributed by atoms with E-state index in [1.807, 2.05) is 48.5 Å². The van der Waals surface area contributed by atoms with Crippen molar-refractivity contribution in [3.8, 4) is 0 Å². The molecule has 1 atom stereocenters. The predicted octanol–water partition coefficient (Wildman–Crippen LogP) is 4.37. The molecule has 2 heterocycles. The van der Waals surface area contributed by atoms with Gasteiger partial charge in [0.1, 0.15) is 5.54 Å². The van der Waals surface area contributed by atoms with E-state index in [-0.39, 0.29) is 17.9 Å². The summed E-state index contributed by atoms with van der Waals surface area (Å²) in [6, 6.07) is 17.2. The Hall–Kier alpha value is -2.61. The maximum atomic E-state index is 12.2. The Morgan fingerprint density at radius 2 is 1.57 bits per heavy atom. The third-order valence-electron chi connectivity index (χ3n) is 5.00. The first-order valence-electron chi connectivity index (χ1n) is 8.60. The van der Waals surface area contributed by atoms with Gasteiger partial charge in [-0.05, 0) is 35.7 Å². The minimum absolute atomic E-state index is 0.0519. The molecule has 3 aromatic rings. The third-order valence-corrected chi connectivity index (χ3v) is 7.29. The molecular weight excluding hydrogens is 394 g/mol. The fraction of sp³-hybridized carbons (Fsp3) is 0.143. The largest absolute Gasteiger partial charge is 0.480 e. The highest BCUT2D eigenvalue weighted by Crippen LogP contribution is 2.49.